The zero-order chi connectivity index (χ0) is 12.3. The Labute approximate surface area is 105 Å². The number of benzene rings is 1. The van der Waals surface area contributed by atoms with Crippen LogP contribution in [0.25, 0.3) is 0 Å². The summed E-state index contributed by atoms with van der Waals surface area (Å²) in [5.74, 6) is 0.569. The maximum atomic E-state index is 11.6. The molecule has 0 aromatic heterocycles. The van der Waals surface area contributed by atoms with Gasteiger partial charge in [0.05, 0.1) is 11.4 Å². The molecule has 0 aliphatic carbocycles. The lowest BCUT2D eigenvalue weighted by atomic mass is 10.2. The number of rotatable bonds is 3. The van der Waals surface area contributed by atoms with Crippen LogP contribution in [0.2, 0.25) is 0 Å². The second kappa shape index (κ2) is 5.19. The van der Waals surface area contributed by atoms with Crippen LogP contribution in [0.15, 0.2) is 41.9 Å². The van der Waals surface area contributed by atoms with Crippen LogP contribution in [0.3, 0.4) is 0 Å². The molecular weight excluding hydrogens is 232 g/mol. The molecule has 1 fully saturated rings. The number of aliphatic imine (C=N–C) groups is 1. The summed E-state index contributed by atoms with van der Waals surface area (Å²) in [7, 11) is 0. The van der Waals surface area contributed by atoms with E-state index < -0.39 is 0 Å². The summed E-state index contributed by atoms with van der Waals surface area (Å²) in [4.78, 5) is 17.7. The van der Waals surface area contributed by atoms with Crippen molar-refractivity contribution in [3.05, 3.63) is 42.5 Å². The normalized spacial score (nSPS) is 17.8. The molecule has 0 N–H and O–H groups in total. The molecule has 1 aromatic carbocycles. The second-order valence-corrected chi connectivity index (χ2v) is 4.75. The van der Waals surface area contributed by atoms with Gasteiger partial charge in [-0.2, -0.15) is 0 Å². The van der Waals surface area contributed by atoms with Gasteiger partial charge in [-0.25, -0.2) is 4.99 Å². The van der Waals surface area contributed by atoms with Crippen molar-refractivity contribution in [1.29, 1.82) is 0 Å². The first-order chi connectivity index (χ1) is 8.20. The van der Waals surface area contributed by atoms with Crippen molar-refractivity contribution < 1.29 is 4.79 Å². The Balaban J connectivity index is 2.23. The molecule has 88 valence electrons. The van der Waals surface area contributed by atoms with Crippen molar-refractivity contribution in [3.8, 4) is 0 Å². The minimum atomic E-state index is 0.0979. The van der Waals surface area contributed by atoms with Crippen LogP contribution in [0, 0.1) is 6.92 Å². The molecular formula is C13H14N2OS. The third-order valence-electron chi connectivity index (χ3n) is 2.43. The highest BCUT2D eigenvalue weighted by molar-refractivity contribution is 8.15. The van der Waals surface area contributed by atoms with Gasteiger partial charge in [-0.05, 0) is 19.1 Å². The van der Waals surface area contributed by atoms with Crippen molar-refractivity contribution in [2.75, 3.05) is 12.3 Å². The van der Waals surface area contributed by atoms with E-state index in [9.17, 15) is 4.79 Å². The molecule has 2 rings (SSSR count). The first-order valence-corrected chi connectivity index (χ1v) is 6.38. The molecule has 1 aliphatic rings. The second-order valence-electron chi connectivity index (χ2n) is 3.81. The number of hydrogen-bond acceptors (Lipinski definition) is 3. The van der Waals surface area contributed by atoms with E-state index in [1.165, 1.54) is 17.3 Å². The molecule has 1 heterocycles. The molecule has 0 atom stereocenters. The molecule has 1 saturated heterocycles. The van der Waals surface area contributed by atoms with Gasteiger partial charge in [-0.1, -0.05) is 35.5 Å². The highest BCUT2D eigenvalue weighted by Crippen LogP contribution is 2.23. The molecule has 0 saturated carbocycles. The van der Waals surface area contributed by atoms with E-state index >= 15 is 0 Å². The summed E-state index contributed by atoms with van der Waals surface area (Å²) in [5.41, 5.74) is 2.08. The van der Waals surface area contributed by atoms with E-state index in [1.54, 1.807) is 11.0 Å². The van der Waals surface area contributed by atoms with Gasteiger partial charge in [0.1, 0.15) is 0 Å². The Bertz CT molecular complexity index is 465. The summed E-state index contributed by atoms with van der Waals surface area (Å²) in [6, 6.07) is 7.94. The number of hydrogen-bond donors (Lipinski definition) is 0. The maximum absolute atomic E-state index is 11.6. The number of carbonyl (C=O) groups excluding carboxylic acids is 1. The fraction of sp³-hybridized carbons (Fsp3) is 0.231. The van der Waals surface area contributed by atoms with Crippen molar-refractivity contribution >= 4 is 28.5 Å². The van der Waals surface area contributed by atoms with Crippen LogP contribution in [-0.4, -0.2) is 28.3 Å². The van der Waals surface area contributed by atoms with Gasteiger partial charge in [-0.3, -0.25) is 9.69 Å². The summed E-state index contributed by atoms with van der Waals surface area (Å²) < 4.78 is 0. The first kappa shape index (κ1) is 11.9. The van der Waals surface area contributed by atoms with Gasteiger partial charge < -0.3 is 0 Å². The SMILES string of the molecule is C=CCN1C(=O)CSC1=Nc1ccc(C)cc1. The van der Waals surface area contributed by atoms with Gasteiger partial charge >= 0.3 is 0 Å². The standard InChI is InChI=1S/C13H14N2OS/c1-3-8-15-12(16)9-17-13(15)14-11-6-4-10(2)5-7-11/h3-7H,1,8-9H2,2H3. The predicted molar refractivity (Wildman–Crippen MR) is 72.6 cm³/mol. The van der Waals surface area contributed by atoms with E-state index in [0.29, 0.717) is 12.3 Å². The minimum absolute atomic E-state index is 0.0979. The molecule has 0 spiro atoms. The highest BCUT2D eigenvalue weighted by atomic mass is 32.2. The van der Waals surface area contributed by atoms with Crippen molar-refractivity contribution in [2.45, 2.75) is 6.92 Å². The molecule has 0 radical (unpaired) electrons. The fourth-order valence-electron chi connectivity index (χ4n) is 1.52. The fourth-order valence-corrected chi connectivity index (χ4v) is 2.43. The number of amidine groups is 1. The maximum Gasteiger partial charge on any atom is 0.239 e. The van der Waals surface area contributed by atoms with Gasteiger partial charge in [-0.15, -0.1) is 6.58 Å². The number of aryl methyl sites for hydroxylation is 1. The van der Waals surface area contributed by atoms with E-state index in [-0.39, 0.29) is 5.91 Å². The molecule has 3 nitrogen and oxygen atoms in total. The average Bonchev–Trinajstić information content (AvgIpc) is 2.65. The van der Waals surface area contributed by atoms with Gasteiger partial charge in [0.25, 0.3) is 0 Å². The van der Waals surface area contributed by atoms with Crippen LogP contribution in [0.1, 0.15) is 5.56 Å². The number of carbonyl (C=O) groups is 1. The summed E-state index contributed by atoms with van der Waals surface area (Å²) >= 11 is 1.48. The Morgan fingerprint density at radius 2 is 2.18 bits per heavy atom. The number of thioether (sulfide) groups is 1. The highest BCUT2D eigenvalue weighted by Gasteiger charge is 2.26. The Kier molecular flexibility index (Phi) is 3.64. The van der Waals surface area contributed by atoms with E-state index in [1.807, 2.05) is 31.2 Å². The Hall–Kier alpha value is -1.55. The number of amides is 1. The predicted octanol–water partition coefficient (Wildman–Crippen LogP) is 2.74. The quantitative estimate of drug-likeness (QED) is 0.768. The molecule has 0 bridgehead atoms. The van der Waals surface area contributed by atoms with Crippen LogP contribution in [0.4, 0.5) is 5.69 Å². The van der Waals surface area contributed by atoms with Crippen LogP contribution >= 0.6 is 11.8 Å². The molecule has 0 unspecified atom stereocenters. The largest absolute Gasteiger partial charge is 0.287 e. The molecule has 1 aromatic rings. The monoisotopic (exact) mass is 246 g/mol. The molecule has 4 heteroatoms. The number of nitrogens with zero attached hydrogens (tertiary/aromatic N) is 2. The smallest absolute Gasteiger partial charge is 0.239 e. The lowest BCUT2D eigenvalue weighted by molar-refractivity contribution is -0.123. The Morgan fingerprint density at radius 1 is 1.47 bits per heavy atom. The molecule has 17 heavy (non-hydrogen) atoms. The van der Waals surface area contributed by atoms with Gasteiger partial charge in [0, 0.05) is 6.54 Å². The lowest BCUT2D eigenvalue weighted by Gasteiger charge is -2.12. The third-order valence-corrected chi connectivity index (χ3v) is 3.39. The lowest BCUT2D eigenvalue weighted by Crippen LogP contribution is -2.29. The van der Waals surface area contributed by atoms with E-state index in [2.05, 4.69) is 11.6 Å². The van der Waals surface area contributed by atoms with E-state index in [0.717, 1.165) is 10.9 Å². The summed E-state index contributed by atoms with van der Waals surface area (Å²) in [5, 5.41) is 0.763. The van der Waals surface area contributed by atoms with Gasteiger partial charge in [0.2, 0.25) is 5.91 Å². The summed E-state index contributed by atoms with van der Waals surface area (Å²) in [6.45, 7) is 6.21. The topological polar surface area (TPSA) is 32.7 Å². The van der Waals surface area contributed by atoms with E-state index in [4.69, 9.17) is 0 Å². The zero-order valence-corrected chi connectivity index (χ0v) is 10.5. The molecule has 1 amide bonds. The van der Waals surface area contributed by atoms with Crippen molar-refractivity contribution in [2.24, 2.45) is 4.99 Å². The summed E-state index contributed by atoms with van der Waals surface area (Å²) in [6.07, 6.45) is 1.72. The average molecular weight is 246 g/mol. The van der Waals surface area contributed by atoms with Gasteiger partial charge in [0.15, 0.2) is 5.17 Å². The third kappa shape index (κ3) is 2.77. The van der Waals surface area contributed by atoms with Crippen molar-refractivity contribution in [3.63, 3.8) is 0 Å². The first-order valence-electron chi connectivity index (χ1n) is 5.40. The Morgan fingerprint density at radius 3 is 2.82 bits per heavy atom. The van der Waals surface area contributed by atoms with Crippen LogP contribution in [-0.2, 0) is 4.79 Å². The van der Waals surface area contributed by atoms with Crippen molar-refractivity contribution in [1.82, 2.24) is 4.90 Å². The zero-order valence-electron chi connectivity index (χ0n) is 9.72. The van der Waals surface area contributed by atoms with Crippen LogP contribution in [0.5, 0.6) is 0 Å². The minimum Gasteiger partial charge on any atom is -0.287 e. The van der Waals surface area contributed by atoms with Crippen LogP contribution < -0.4 is 0 Å². The molecule has 1 aliphatic heterocycles.